The maximum absolute atomic E-state index is 11.9. The number of amidine groups is 1. The highest BCUT2D eigenvalue weighted by Gasteiger charge is 2.12. The molecule has 160 valence electrons. The number of aryl methyl sites for hydroxylation is 3. The summed E-state index contributed by atoms with van der Waals surface area (Å²) >= 11 is -1.66. The summed E-state index contributed by atoms with van der Waals surface area (Å²) in [6.45, 7) is 5.85. The molecule has 2 N–H and O–H groups in total. The van der Waals surface area contributed by atoms with Gasteiger partial charge in [0, 0.05) is 11.6 Å². The molecule has 0 bridgehead atoms. The van der Waals surface area contributed by atoms with Crippen LogP contribution in [-0.4, -0.2) is 22.3 Å². The fourth-order valence-corrected chi connectivity index (χ4v) is 3.48. The lowest BCUT2D eigenvalue weighted by Gasteiger charge is -2.07. The van der Waals surface area contributed by atoms with Crippen molar-refractivity contribution in [3.63, 3.8) is 0 Å². The molecule has 1 unspecified atom stereocenters. The van der Waals surface area contributed by atoms with Gasteiger partial charge in [-0.25, -0.2) is 4.21 Å². The predicted molar refractivity (Wildman–Crippen MR) is 123 cm³/mol. The van der Waals surface area contributed by atoms with E-state index in [0.29, 0.717) is 16.3 Å². The summed E-state index contributed by atoms with van der Waals surface area (Å²) in [6, 6.07) is 18.3. The average Bonchev–Trinajstić information content (AvgIpc) is 2.78. The second kappa shape index (κ2) is 10.1. The fraction of sp³-hybridized carbons (Fsp3) is 0.174. The summed E-state index contributed by atoms with van der Waals surface area (Å²) in [5.74, 6) is 0.199. The molecule has 0 saturated heterocycles. The van der Waals surface area contributed by atoms with E-state index >= 15 is 0 Å². The van der Waals surface area contributed by atoms with Gasteiger partial charge < -0.3 is 5.11 Å². The Hall–Kier alpha value is -3.36. The average molecular weight is 437 g/mol. The first-order valence-corrected chi connectivity index (χ1v) is 10.6. The Kier molecular flexibility index (Phi) is 7.28. The minimum atomic E-state index is -1.66. The third kappa shape index (κ3) is 5.62. The van der Waals surface area contributed by atoms with Crippen molar-refractivity contribution in [3.8, 4) is 5.75 Å². The van der Waals surface area contributed by atoms with E-state index in [1.54, 1.807) is 13.0 Å². The first kappa shape index (κ1) is 22.3. The summed E-state index contributed by atoms with van der Waals surface area (Å²) < 4.78 is 16.7. The van der Waals surface area contributed by atoms with Crippen LogP contribution in [0.15, 0.2) is 80.9 Å². The Morgan fingerprint density at radius 2 is 1.71 bits per heavy atom. The van der Waals surface area contributed by atoms with Crippen molar-refractivity contribution in [1.29, 1.82) is 0 Å². The maximum Gasteiger partial charge on any atom is 0.201 e. The van der Waals surface area contributed by atoms with Crippen LogP contribution in [0.3, 0.4) is 0 Å². The number of nitrogens with one attached hydrogen (secondary N) is 1. The minimum absolute atomic E-state index is 0.149. The normalized spacial score (nSPS) is 12.8. The molecule has 0 aliphatic carbocycles. The van der Waals surface area contributed by atoms with Gasteiger partial charge in [0.2, 0.25) is 5.84 Å². The first-order chi connectivity index (χ1) is 14.9. The molecule has 0 spiro atoms. The molecule has 0 radical (unpaired) electrons. The van der Waals surface area contributed by atoms with Crippen LogP contribution in [-0.2, 0) is 15.3 Å². The van der Waals surface area contributed by atoms with Crippen LogP contribution < -0.4 is 5.43 Å². The number of hydrogen-bond donors (Lipinski definition) is 2. The molecular weight excluding hydrogens is 412 g/mol. The van der Waals surface area contributed by atoms with Crippen LogP contribution in [0.25, 0.3) is 0 Å². The molecule has 0 aromatic heterocycles. The smallest absolute Gasteiger partial charge is 0.201 e. The van der Waals surface area contributed by atoms with Crippen LogP contribution in [0, 0.1) is 20.8 Å². The molecule has 8 heteroatoms. The minimum Gasteiger partial charge on any atom is -0.506 e. The number of hydrogen-bond acceptors (Lipinski definition) is 6. The van der Waals surface area contributed by atoms with E-state index in [1.165, 1.54) is 18.7 Å². The van der Waals surface area contributed by atoms with Crippen molar-refractivity contribution in [2.45, 2.75) is 25.7 Å². The van der Waals surface area contributed by atoms with Gasteiger partial charge in [0.15, 0.2) is 11.1 Å². The highest BCUT2D eigenvalue weighted by Crippen LogP contribution is 2.32. The Morgan fingerprint density at radius 1 is 0.968 bits per heavy atom. The zero-order chi connectivity index (χ0) is 22.4. The lowest BCUT2D eigenvalue weighted by atomic mass is 10.1. The number of azo groups is 1. The summed E-state index contributed by atoms with van der Waals surface area (Å²) in [5, 5.41) is 23.2. The standard InChI is InChI=1S/C23H24N4O3S/c1-15-10-11-19(12-16(15)2)24-26-23(18-8-6-5-7-9-18)27-25-20-13-17(3)22(14-21(20)28)31(29)30-4/h5-14,24,28H,1-4H3/b26-23+,27-25?. The number of aromatic hydroxyl groups is 1. The summed E-state index contributed by atoms with van der Waals surface area (Å²) in [4.78, 5) is 0.382. The molecule has 0 fully saturated rings. The van der Waals surface area contributed by atoms with E-state index in [-0.39, 0.29) is 11.4 Å². The van der Waals surface area contributed by atoms with Crippen molar-refractivity contribution < 1.29 is 13.5 Å². The zero-order valence-electron chi connectivity index (χ0n) is 17.8. The SMILES string of the molecule is COS(=O)c1cc(O)c(N=N/C(=N/Nc2ccc(C)c(C)c2)c2ccccc2)cc1C. The third-order valence-corrected chi connectivity index (χ3v) is 5.79. The number of hydrazone groups is 1. The Balaban J connectivity index is 1.94. The van der Waals surface area contributed by atoms with Gasteiger partial charge in [0.25, 0.3) is 0 Å². The van der Waals surface area contributed by atoms with Gasteiger partial charge in [-0.3, -0.25) is 9.61 Å². The molecule has 3 aromatic carbocycles. The first-order valence-electron chi connectivity index (χ1n) is 9.57. The van der Waals surface area contributed by atoms with E-state index in [0.717, 1.165) is 16.8 Å². The van der Waals surface area contributed by atoms with Gasteiger partial charge in [-0.1, -0.05) is 36.4 Å². The number of phenolic OH excluding ortho intramolecular Hbond substituents is 1. The molecule has 0 heterocycles. The molecule has 0 aliphatic heterocycles. The topological polar surface area (TPSA) is 95.6 Å². The van der Waals surface area contributed by atoms with Crippen LogP contribution in [0.2, 0.25) is 0 Å². The van der Waals surface area contributed by atoms with Gasteiger partial charge >= 0.3 is 0 Å². The largest absolute Gasteiger partial charge is 0.506 e. The quantitative estimate of drug-likeness (QED) is 0.229. The Labute approximate surface area is 184 Å². The van der Waals surface area contributed by atoms with E-state index in [4.69, 9.17) is 4.18 Å². The molecule has 3 aromatic rings. The van der Waals surface area contributed by atoms with Crippen molar-refractivity contribution in [2.24, 2.45) is 15.3 Å². The summed E-state index contributed by atoms with van der Waals surface area (Å²) in [6.07, 6.45) is 0. The van der Waals surface area contributed by atoms with Gasteiger partial charge in [0.1, 0.15) is 11.4 Å². The van der Waals surface area contributed by atoms with E-state index in [2.05, 4.69) is 20.8 Å². The number of rotatable bonds is 6. The Bertz CT molecular complexity index is 1160. The highest BCUT2D eigenvalue weighted by atomic mass is 32.2. The predicted octanol–water partition coefficient (Wildman–Crippen LogP) is 5.54. The van der Waals surface area contributed by atoms with E-state index in [9.17, 15) is 9.32 Å². The second-order valence-electron chi connectivity index (χ2n) is 6.92. The number of benzene rings is 3. The van der Waals surface area contributed by atoms with Crippen LogP contribution >= 0.6 is 0 Å². The van der Waals surface area contributed by atoms with Gasteiger partial charge in [-0.2, -0.15) is 5.10 Å². The molecule has 31 heavy (non-hydrogen) atoms. The van der Waals surface area contributed by atoms with Crippen molar-refractivity contribution in [1.82, 2.24) is 0 Å². The van der Waals surface area contributed by atoms with Gasteiger partial charge in [0.05, 0.1) is 17.7 Å². The third-order valence-electron chi connectivity index (χ3n) is 4.69. The van der Waals surface area contributed by atoms with Crippen molar-refractivity contribution in [2.75, 3.05) is 12.5 Å². The monoisotopic (exact) mass is 436 g/mol. The maximum atomic E-state index is 11.9. The van der Waals surface area contributed by atoms with Crippen LogP contribution in [0.4, 0.5) is 11.4 Å². The Morgan fingerprint density at radius 3 is 2.39 bits per heavy atom. The molecule has 0 aliphatic rings. The van der Waals surface area contributed by atoms with Gasteiger partial charge in [-0.15, -0.1) is 10.2 Å². The van der Waals surface area contributed by atoms with Crippen LogP contribution in [0.5, 0.6) is 5.75 Å². The van der Waals surface area contributed by atoms with Crippen molar-refractivity contribution in [3.05, 3.63) is 82.9 Å². The summed E-state index contributed by atoms with van der Waals surface area (Å²) in [5.41, 5.74) is 7.86. The second-order valence-corrected chi connectivity index (χ2v) is 8.16. The molecule has 7 nitrogen and oxygen atoms in total. The lowest BCUT2D eigenvalue weighted by molar-refractivity contribution is 0.443. The van der Waals surface area contributed by atoms with Crippen molar-refractivity contribution >= 4 is 28.3 Å². The molecule has 0 amide bonds. The summed E-state index contributed by atoms with van der Waals surface area (Å²) in [7, 11) is 1.34. The molecule has 1 atom stereocenters. The van der Waals surface area contributed by atoms with Crippen LogP contribution in [0.1, 0.15) is 22.3 Å². The van der Waals surface area contributed by atoms with E-state index < -0.39 is 11.1 Å². The van der Waals surface area contributed by atoms with E-state index in [1.807, 2.05) is 62.4 Å². The molecule has 3 rings (SSSR count). The highest BCUT2D eigenvalue weighted by molar-refractivity contribution is 7.80. The lowest BCUT2D eigenvalue weighted by Crippen LogP contribution is -2.01. The number of anilines is 1. The fourth-order valence-electron chi connectivity index (χ4n) is 2.77. The molecule has 0 saturated carbocycles. The number of nitrogens with zero attached hydrogens (tertiary/aromatic N) is 3. The van der Waals surface area contributed by atoms with Gasteiger partial charge in [-0.05, 0) is 55.7 Å². The molecular formula is C23H24N4O3S. The zero-order valence-corrected chi connectivity index (χ0v) is 18.6. The number of phenols is 1.